The molecule has 0 saturated carbocycles. The van der Waals surface area contributed by atoms with Gasteiger partial charge in [0.25, 0.3) is 0 Å². The Kier molecular flexibility index (Phi) is 10.7. The first-order valence-electron chi connectivity index (χ1n) is 15.7. The van der Waals surface area contributed by atoms with Gasteiger partial charge in [-0.25, -0.2) is 13.6 Å². The average Bonchev–Trinajstić information content (AvgIpc) is 3.41. The van der Waals surface area contributed by atoms with Crippen LogP contribution in [0.1, 0.15) is 69.5 Å². The van der Waals surface area contributed by atoms with Crippen LogP contribution in [-0.4, -0.2) is 57.1 Å². The second-order valence-electron chi connectivity index (χ2n) is 12.1. The number of halogens is 3. The molecule has 2 aromatic carbocycles. The highest BCUT2D eigenvalue weighted by molar-refractivity contribution is 6.31. The number of piperidine rings is 1. The van der Waals surface area contributed by atoms with E-state index in [1.807, 2.05) is 31.2 Å². The monoisotopic (exact) mass is 637 g/mol. The lowest BCUT2D eigenvalue weighted by molar-refractivity contribution is 0.0715. The Morgan fingerprint density at radius 3 is 2.71 bits per heavy atom. The molecule has 0 bridgehead atoms. The number of H-pyrrole nitrogens is 1. The molecule has 0 unspecified atom stereocenters. The van der Waals surface area contributed by atoms with Gasteiger partial charge in [-0.15, -0.1) is 0 Å². The normalized spacial score (nSPS) is 18.5. The Labute approximate surface area is 267 Å². The number of likely N-dealkylation sites (tertiary alicyclic amines) is 1. The molecule has 1 fully saturated rings. The van der Waals surface area contributed by atoms with Crippen LogP contribution < -0.4 is 17.2 Å². The van der Waals surface area contributed by atoms with Crippen LogP contribution in [-0.2, 0) is 6.42 Å². The Morgan fingerprint density at radius 2 is 2.00 bits per heavy atom. The lowest BCUT2D eigenvalue weighted by atomic mass is 9.89. The van der Waals surface area contributed by atoms with E-state index >= 15 is 4.39 Å². The third-order valence-electron chi connectivity index (χ3n) is 8.62. The summed E-state index contributed by atoms with van der Waals surface area (Å²) >= 11 is 6.26. The Bertz CT molecular complexity index is 1700. The second-order valence-corrected chi connectivity index (χ2v) is 12.5. The van der Waals surface area contributed by atoms with E-state index in [0.717, 1.165) is 56.1 Å². The fourth-order valence-corrected chi connectivity index (χ4v) is 6.66. The summed E-state index contributed by atoms with van der Waals surface area (Å²) < 4.78 is 30.3. The van der Waals surface area contributed by atoms with Crippen LogP contribution in [0.25, 0.3) is 28.0 Å². The van der Waals surface area contributed by atoms with E-state index in [-0.39, 0.29) is 23.1 Å². The quantitative estimate of drug-likeness (QED) is 0.121. The van der Waals surface area contributed by atoms with Crippen molar-refractivity contribution in [3.8, 4) is 16.9 Å². The number of hydrogen-bond acceptors (Lipinski definition) is 5. The molecule has 1 saturated heterocycles. The van der Waals surface area contributed by atoms with Crippen molar-refractivity contribution in [1.29, 1.82) is 0 Å². The Balaban J connectivity index is 1.39. The highest BCUT2D eigenvalue weighted by atomic mass is 35.5. The fourth-order valence-electron chi connectivity index (χ4n) is 6.42. The summed E-state index contributed by atoms with van der Waals surface area (Å²) in [5.41, 5.74) is 15.0. The maximum Gasteiger partial charge on any atom is 0.354 e. The predicted molar refractivity (Wildman–Crippen MR) is 179 cm³/mol. The van der Waals surface area contributed by atoms with Crippen LogP contribution in [0.5, 0.6) is 0 Å². The molecule has 1 aliphatic heterocycles. The van der Waals surface area contributed by atoms with Gasteiger partial charge in [0.2, 0.25) is 0 Å². The summed E-state index contributed by atoms with van der Waals surface area (Å²) in [5.74, 6) is 0.0299. The molecule has 3 heterocycles. The number of aromatic nitrogens is 3. The number of aromatic amines is 1. The molecule has 0 spiro atoms. The molecule has 4 aromatic rings. The number of nitrogens with two attached hydrogens (primary N) is 2. The lowest BCUT2D eigenvalue weighted by Gasteiger charge is -2.42. The van der Waals surface area contributed by atoms with Crippen molar-refractivity contribution >= 4 is 28.5 Å². The van der Waals surface area contributed by atoms with E-state index in [9.17, 15) is 9.18 Å². The summed E-state index contributed by atoms with van der Waals surface area (Å²) in [6.07, 6.45) is 7.96. The van der Waals surface area contributed by atoms with E-state index in [4.69, 9.17) is 23.1 Å². The average molecular weight is 638 g/mol. The molecule has 2 aromatic heterocycles. The van der Waals surface area contributed by atoms with Gasteiger partial charge >= 0.3 is 5.69 Å². The van der Waals surface area contributed by atoms with Gasteiger partial charge in [0.15, 0.2) is 5.82 Å². The zero-order valence-electron chi connectivity index (χ0n) is 25.9. The van der Waals surface area contributed by atoms with Gasteiger partial charge in [0.05, 0.1) is 22.2 Å². The third kappa shape index (κ3) is 7.80. The van der Waals surface area contributed by atoms with Crippen molar-refractivity contribution < 1.29 is 8.78 Å². The highest BCUT2D eigenvalue weighted by Gasteiger charge is 2.31. The minimum absolute atomic E-state index is 0.0445. The highest BCUT2D eigenvalue weighted by Crippen LogP contribution is 2.36. The summed E-state index contributed by atoms with van der Waals surface area (Å²) in [5, 5.41) is 0.703. The zero-order chi connectivity index (χ0) is 32.1. The molecule has 5 N–H and O–H groups in total. The minimum Gasteiger partial charge on any atom is -0.388 e. The number of nitrogens with zero attached hydrogens (tertiary/aromatic N) is 4. The van der Waals surface area contributed by atoms with Crippen molar-refractivity contribution in [1.82, 2.24) is 19.4 Å². The number of amidine groups is 1. The second kappa shape index (κ2) is 14.7. The van der Waals surface area contributed by atoms with E-state index in [0.29, 0.717) is 46.9 Å². The van der Waals surface area contributed by atoms with Gasteiger partial charge in [0.1, 0.15) is 12.3 Å². The molecule has 0 amide bonds. The van der Waals surface area contributed by atoms with Crippen molar-refractivity contribution in [2.45, 2.75) is 76.9 Å². The van der Waals surface area contributed by atoms with Gasteiger partial charge in [-0.2, -0.15) is 4.98 Å². The number of hydrogen-bond donors (Lipinski definition) is 3. The van der Waals surface area contributed by atoms with Crippen LogP contribution in [0.15, 0.2) is 58.4 Å². The van der Waals surface area contributed by atoms with Crippen molar-refractivity contribution in [3.63, 3.8) is 0 Å². The number of aliphatic imine (C=N–C) groups is 1. The first-order chi connectivity index (χ1) is 21.6. The molecule has 8 nitrogen and oxygen atoms in total. The van der Waals surface area contributed by atoms with E-state index in [2.05, 4.69) is 19.9 Å². The SMILES string of the molecule is CC(N)=NCC[C@@H]1CCC[C@@H](c2ccc(-n3cc4cc(-c5cc(CCC[C@H](C)N)cc(Cl)c5F)[nH]c4nc3=O)cc2)N1CCF. The number of alkyl halides is 1. The fraction of sp³-hybridized carbons (Fsp3) is 0.441. The topological polar surface area (TPSA) is 118 Å². The van der Waals surface area contributed by atoms with Gasteiger partial charge in [-0.3, -0.25) is 14.5 Å². The molecule has 11 heteroatoms. The molecular weight excluding hydrogens is 596 g/mol. The van der Waals surface area contributed by atoms with Gasteiger partial charge in [-0.05, 0) is 100 Å². The molecule has 1 aliphatic rings. The van der Waals surface area contributed by atoms with Crippen molar-refractivity contribution in [2.24, 2.45) is 16.5 Å². The van der Waals surface area contributed by atoms with Crippen LogP contribution in [0.3, 0.4) is 0 Å². The van der Waals surface area contributed by atoms with Crippen molar-refractivity contribution in [3.05, 3.63) is 81.1 Å². The molecule has 45 heavy (non-hydrogen) atoms. The lowest BCUT2D eigenvalue weighted by Crippen LogP contribution is -2.43. The first-order valence-corrected chi connectivity index (χ1v) is 16.1. The maximum atomic E-state index is 15.2. The zero-order valence-corrected chi connectivity index (χ0v) is 26.7. The third-order valence-corrected chi connectivity index (χ3v) is 8.89. The number of benzene rings is 2. The molecular formula is C34H42ClF2N7O. The van der Waals surface area contributed by atoms with E-state index in [1.54, 1.807) is 31.3 Å². The number of nitrogens with one attached hydrogen (secondary N) is 1. The molecule has 0 aliphatic carbocycles. The first kappa shape index (κ1) is 32.8. The van der Waals surface area contributed by atoms with Crippen LogP contribution >= 0.6 is 11.6 Å². The predicted octanol–water partition coefficient (Wildman–Crippen LogP) is 6.48. The van der Waals surface area contributed by atoms with E-state index in [1.165, 1.54) is 4.57 Å². The molecule has 0 radical (unpaired) electrons. The molecule has 240 valence electrons. The van der Waals surface area contributed by atoms with Gasteiger partial charge < -0.3 is 16.5 Å². The summed E-state index contributed by atoms with van der Waals surface area (Å²) in [6, 6.07) is 13.4. The Hall–Kier alpha value is -3.60. The smallest absolute Gasteiger partial charge is 0.354 e. The van der Waals surface area contributed by atoms with E-state index < -0.39 is 18.2 Å². The number of fused-ring (bicyclic) bond motifs is 1. The standard InChI is InChI=1S/C34H42ClF2N7O/c1-21(38)5-3-6-23-17-28(32(37)29(35)18-23)30-19-25-20-44(34(45)42-33(25)41-30)27-11-9-24(10-12-27)31-8-4-7-26(43(31)16-14-36)13-15-40-22(2)39/h9-12,17-21,26,31H,3-8,13-16,38H2,1-2H3,(H2,39,40)(H,41,42,45)/t21-,26-,31-/m0/s1. The van der Waals surface area contributed by atoms with Gasteiger partial charge in [0, 0.05) is 48.4 Å². The molecule has 3 atom stereocenters. The molecule has 5 rings (SSSR count). The van der Waals surface area contributed by atoms with Crippen LogP contribution in [0.4, 0.5) is 8.78 Å². The van der Waals surface area contributed by atoms with Crippen LogP contribution in [0.2, 0.25) is 5.02 Å². The number of rotatable bonds is 12. The van der Waals surface area contributed by atoms with Crippen LogP contribution in [0, 0.1) is 5.82 Å². The summed E-state index contributed by atoms with van der Waals surface area (Å²) in [6.45, 7) is 4.31. The summed E-state index contributed by atoms with van der Waals surface area (Å²) in [4.78, 5) is 27.0. The summed E-state index contributed by atoms with van der Waals surface area (Å²) in [7, 11) is 0. The van der Waals surface area contributed by atoms with Crippen molar-refractivity contribution in [2.75, 3.05) is 19.8 Å². The number of aryl methyl sites for hydroxylation is 1. The minimum atomic E-state index is -0.529. The van der Waals surface area contributed by atoms with Gasteiger partial charge in [-0.1, -0.05) is 23.7 Å². The largest absolute Gasteiger partial charge is 0.388 e. The maximum absolute atomic E-state index is 15.2. The Morgan fingerprint density at radius 1 is 1.22 bits per heavy atom.